The summed E-state index contributed by atoms with van der Waals surface area (Å²) in [6, 6.07) is 13.9. The molecule has 1 fully saturated rings. The summed E-state index contributed by atoms with van der Waals surface area (Å²) in [4.78, 5) is 29.7. The van der Waals surface area contributed by atoms with E-state index in [4.69, 9.17) is 23.2 Å². The summed E-state index contributed by atoms with van der Waals surface area (Å²) in [5, 5.41) is 0.948. The maximum atomic E-state index is 13.3. The van der Waals surface area contributed by atoms with Gasteiger partial charge in [0.1, 0.15) is 5.70 Å². The summed E-state index contributed by atoms with van der Waals surface area (Å²) < 4.78 is 0. The first-order valence-corrected chi connectivity index (χ1v) is 9.22. The Labute approximate surface area is 161 Å². The molecule has 0 spiro atoms. The predicted octanol–water partition coefficient (Wildman–Crippen LogP) is 4.37. The molecule has 2 heterocycles. The highest BCUT2D eigenvalue weighted by molar-refractivity contribution is 6.47. The van der Waals surface area contributed by atoms with Crippen molar-refractivity contribution in [1.29, 1.82) is 0 Å². The van der Waals surface area contributed by atoms with Crippen LogP contribution in [0.5, 0.6) is 0 Å². The van der Waals surface area contributed by atoms with Crippen LogP contribution in [0.15, 0.2) is 54.2 Å². The van der Waals surface area contributed by atoms with E-state index in [2.05, 4.69) is 0 Å². The van der Waals surface area contributed by atoms with E-state index in [-0.39, 0.29) is 11.8 Å². The van der Waals surface area contributed by atoms with Crippen molar-refractivity contribution in [1.82, 2.24) is 4.90 Å². The second-order valence-corrected chi connectivity index (χ2v) is 7.17. The van der Waals surface area contributed by atoms with Crippen molar-refractivity contribution < 1.29 is 9.59 Å². The van der Waals surface area contributed by atoms with Crippen molar-refractivity contribution in [3.8, 4) is 0 Å². The second kappa shape index (κ2) is 6.78. The van der Waals surface area contributed by atoms with Crippen LogP contribution in [-0.4, -0.2) is 29.8 Å². The average Bonchev–Trinajstić information content (AvgIpc) is 3.23. The molecule has 0 unspecified atom stereocenters. The van der Waals surface area contributed by atoms with E-state index in [0.717, 1.165) is 25.9 Å². The van der Waals surface area contributed by atoms with Crippen LogP contribution in [0.25, 0.3) is 5.57 Å². The summed E-state index contributed by atoms with van der Waals surface area (Å²) in [7, 11) is 0. The van der Waals surface area contributed by atoms with Gasteiger partial charge in [0.2, 0.25) is 0 Å². The number of likely N-dealkylation sites (tertiary alicyclic amines) is 1. The number of hydrogen-bond donors (Lipinski definition) is 0. The van der Waals surface area contributed by atoms with Crippen molar-refractivity contribution in [2.24, 2.45) is 0 Å². The van der Waals surface area contributed by atoms with Gasteiger partial charge in [-0.05, 0) is 42.7 Å². The normalized spacial score (nSPS) is 17.6. The van der Waals surface area contributed by atoms with E-state index in [9.17, 15) is 9.59 Å². The third-order valence-corrected chi connectivity index (χ3v) is 5.28. The Hall–Kier alpha value is -2.30. The van der Waals surface area contributed by atoms with E-state index in [1.54, 1.807) is 48.5 Å². The van der Waals surface area contributed by atoms with Crippen LogP contribution in [0.4, 0.5) is 5.69 Å². The number of rotatable bonds is 3. The van der Waals surface area contributed by atoms with E-state index in [1.165, 1.54) is 4.90 Å². The number of anilines is 1. The molecule has 0 aromatic heterocycles. The first kappa shape index (κ1) is 17.1. The summed E-state index contributed by atoms with van der Waals surface area (Å²) in [5.41, 5.74) is 1.96. The Morgan fingerprint density at radius 1 is 0.808 bits per heavy atom. The van der Waals surface area contributed by atoms with Crippen molar-refractivity contribution in [3.05, 3.63) is 69.8 Å². The lowest BCUT2D eigenvalue weighted by atomic mass is 10.0. The molecule has 2 aromatic rings. The molecule has 0 radical (unpaired) electrons. The molecule has 0 atom stereocenters. The van der Waals surface area contributed by atoms with Gasteiger partial charge in [-0.1, -0.05) is 47.5 Å². The molecule has 2 aliphatic heterocycles. The number of carbonyl (C=O) groups excluding carboxylic acids is 2. The Kier molecular flexibility index (Phi) is 4.47. The highest BCUT2D eigenvalue weighted by atomic mass is 35.5. The minimum absolute atomic E-state index is 0.324. The van der Waals surface area contributed by atoms with Gasteiger partial charge in [-0.15, -0.1) is 0 Å². The van der Waals surface area contributed by atoms with Gasteiger partial charge < -0.3 is 4.90 Å². The van der Waals surface area contributed by atoms with Gasteiger partial charge >= 0.3 is 0 Å². The molecule has 132 valence electrons. The van der Waals surface area contributed by atoms with Crippen LogP contribution in [0, 0.1) is 0 Å². The zero-order valence-corrected chi connectivity index (χ0v) is 15.4. The Morgan fingerprint density at radius 3 is 2.12 bits per heavy atom. The maximum absolute atomic E-state index is 13.3. The molecule has 2 aliphatic rings. The smallest absolute Gasteiger partial charge is 0.282 e. The Bertz CT molecular complexity index is 916. The van der Waals surface area contributed by atoms with Gasteiger partial charge in [0.15, 0.2) is 0 Å². The van der Waals surface area contributed by atoms with Crippen molar-refractivity contribution in [3.63, 3.8) is 0 Å². The summed E-state index contributed by atoms with van der Waals surface area (Å²) >= 11 is 12.2. The minimum atomic E-state index is -0.354. The monoisotopic (exact) mass is 386 g/mol. The summed E-state index contributed by atoms with van der Waals surface area (Å²) in [6.45, 7) is 1.53. The summed E-state index contributed by atoms with van der Waals surface area (Å²) in [5.74, 6) is -0.678. The number of amides is 2. The molecule has 0 saturated carbocycles. The molecule has 0 aliphatic carbocycles. The van der Waals surface area contributed by atoms with Gasteiger partial charge in [0.05, 0.1) is 16.3 Å². The van der Waals surface area contributed by atoms with Gasteiger partial charge in [-0.3, -0.25) is 9.59 Å². The number of nitrogens with zero attached hydrogens (tertiary/aromatic N) is 2. The SMILES string of the molecule is O=C1C(c2ccc(Cl)cc2)=C(N2CCCC2)C(=O)N1c1ccccc1Cl. The zero-order chi connectivity index (χ0) is 18.3. The lowest BCUT2D eigenvalue weighted by Gasteiger charge is -2.20. The third-order valence-electron chi connectivity index (χ3n) is 4.71. The number of carbonyl (C=O) groups is 2. The van der Waals surface area contributed by atoms with Crippen molar-refractivity contribution in [2.45, 2.75) is 12.8 Å². The molecule has 2 amide bonds. The Morgan fingerprint density at radius 2 is 1.46 bits per heavy atom. The van der Waals surface area contributed by atoms with Crippen LogP contribution >= 0.6 is 23.2 Å². The van der Waals surface area contributed by atoms with Crippen LogP contribution in [-0.2, 0) is 9.59 Å². The standard InChI is InChI=1S/C20H16Cl2N2O2/c21-14-9-7-13(8-10-14)17-18(23-11-3-4-12-23)20(26)24(19(17)25)16-6-2-1-5-15(16)22/h1-2,5-10H,3-4,11-12H2. The molecule has 0 N–H and O–H groups in total. The fraction of sp³-hybridized carbons (Fsp3) is 0.200. The van der Waals surface area contributed by atoms with Gasteiger partial charge in [0, 0.05) is 18.1 Å². The predicted molar refractivity (Wildman–Crippen MR) is 103 cm³/mol. The highest BCUT2D eigenvalue weighted by Gasteiger charge is 2.43. The van der Waals surface area contributed by atoms with Gasteiger partial charge in [0.25, 0.3) is 11.8 Å². The molecule has 2 aromatic carbocycles. The topological polar surface area (TPSA) is 40.6 Å². The number of imide groups is 1. The number of benzene rings is 2. The zero-order valence-electron chi connectivity index (χ0n) is 13.9. The van der Waals surface area contributed by atoms with Crippen LogP contribution in [0.1, 0.15) is 18.4 Å². The molecular weight excluding hydrogens is 371 g/mol. The first-order valence-electron chi connectivity index (χ1n) is 8.46. The fourth-order valence-electron chi connectivity index (χ4n) is 3.48. The lowest BCUT2D eigenvalue weighted by Crippen LogP contribution is -2.34. The third kappa shape index (κ3) is 2.79. The van der Waals surface area contributed by atoms with Crippen LogP contribution in [0.3, 0.4) is 0 Å². The largest absolute Gasteiger partial charge is 0.366 e. The molecule has 4 nitrogen and oxygen atoms in total. The lowest BCUT2D eigenvalue weighted by molar-refractivity contribution is -0.120. The highest BCUT2D eigenvalue weighted by Crippen LogP contribution is 2.38. The fourth-order valence-corrected chi connectivity index (χ4v) is 3.83. The number of hydrogen-bond acceptors (Lipinski definition) is 3. The van der Waals surface area contributed by atoms with E-state index < -0.39 is 0 Å². The summed E-state index contributed by atoms with van der Waals surface area (Å²) in [6.07, 6.45) is 2.01. The van der Waals surface area contributed by atoms with Crippen molar-refractivity contribution >= 4 is 46.3 Å². The quantitative estimate of drug-likeness (QED) is 0.735. The molecule has 4 rings (SSSR count). The number of para-hydroxylation sites is 1. The molecule has 6 heteroatoms. The first-order chi connectivity index (χ1) is 12.6. The molecule has 0 bridgehead atoms. The second-order valence-electron chi connectivity index (χ2n) is 6.32. The average molecular weight is 387 g/mol. The van der Waals surface area contributed by atoms with Crippen LogP contribution in [0.2, 0.25) is 10.0 Å². The maximum Gasteiger partial charge on any atom is 0.282 e. The van der Waals surface area contributed by atoms with E-state index in [1.807, 2.05) is 4.90 Å². The van der Waals surface area contributed by atoms with E-state index in [0.29, 0.717) is 32.6 Å². The van der Waals surface area contributed by atoms with Crippen molar-refractivity contribution in [2.75, 3.05) is 18.0 Å². The van der Waals surface area contributed by atoms with E-state index >= 15 is 0 Å². The molecule has 26 heavy (non-hydrogen) atoms. The Balaban J connectivity index is 1.86. The molecular formula is C20H16Cl2N2O2. The number of halogens is 2. The van der Waals surface area contributed by atoms with Crippen LogP contribution < -0.4 is 4.90 Å². The minimum Gasteiger partial charge on any atom is -0.366 e. The molecule has 1 saturated heterocycles. The van der Waals surface area contributed by atoms with Gasteiger partial charge in [-0.25, -0.2) is 4.90 Å². The van der Waals surface area contributed by atoms with Gasteiger partial charge in [-0.2, -0.15) is 0 Å².